The first-order valence-corrected chi connectivity index (χ1v) is 6.71. The van der Waals surface area contributed by atoms with E-state index in [2.05, 4.69) is 44.8 Å². The molecule has 0 aromatic heterocycles. The van der Waals surface area contributed by atoms with Gasteiger partial charge in [-0.15, -0.1) is 0 Å². The summed E-state index contributed by atoms with van der Waals surface area (Å²) in [5.74, 6) is 0. The molecule has 0 aliphatic carbocycles. The van der Waals surface area contributed by atoms with Gasteiger partial charge in [0.1, 0.15) is 0 Å². The van der Waals surface area contributed by atoms with E-state index in [0.717, 1.165) is 19.6 Å². The number of nitrogens with one attached hydrogen (secondary N) is 1. The van der Waals surface area contributed by atoms with Crippen molar-refractivity contribution in [3.63, 3.8) is 0 Å². The van der Waals surface area contributed by atoms with Gasteiger partial charge in [0.05, 0.1) is 12.2 Å². The lowest BCUT2D eigenvalue weighted by atomic mass is 10.0. The van der Waals surface area contributed by atoms with E-state index in [1.165, 1.54) is 6.42 Å². The third-order valence-corrected chi connectivity index (χ3v) is 3.51. The van der Waals surface area contributed by atoms with Gasteiger partial charge in [-0.05, 0) is 33.7 Å². The Hall–Kier alpha value is -0.120. The van der Waals surface area contributed by atoms with Crippen molar-refractivity contribution in [2.45, 2.75) is 65.3 Å². The highest BCUT2D eigenvalue weighted by molar-refractivity contribution is 4.84. The number of likely N-dealkylation sites (N-methyl/N-ethyl adjacent to an activating group) is 1. The first-order chi connectivity index (χ1) is 7.58. The maximum Gasteiger partial charge on any atom is 0.0678 e. The number of rotatable bonds is 5. The zero-order valence-electron chi connectivity index (χ0n) is 11.5. The molecule has 0 bridgehead atoms. The van der Waals surface area contributed by atoms with Crippen LogP contribution in [0.1, 0.15) is 41.0 Å². The van der Waals surface area contributed by atoms with Crippen LogP contribution in [0, 0.1) is 0 Å². The predicted molar refractivity (Wildman–Crippen MR) is 68.8 cm³/mol. The van der Waals surface area contributed by atoms with E-state index in [-0.39, 0.29) is 0 Å². The highest BCUT2D eigenvalue weighted by atomic mass is 16.5. The van der Waals surface area contributed by atoms with Crippen LogP contribution in [0.2, 0.25) is 0 Å². The van der Waals surface area contributed by atoms with Crippen LogP contribution in [0.25, 0.3) is 0 Å². The largest absolute Gasteiger partial charge is 0.373 e. The first-order valence-electron chi connectivity index (χ1n) is 6.71. The molecule has 0 spiro atoms. The zero-order valence-corrected chi connectivity index (χ0v) is 11.5. The Kier molecular flexibility index (Phi) is 5.73. The van der Waals surface area contributed by atoms with E-state index in [0.29, 0.717) is 24.3 Å². The predicted octanol–water partition coefficient (Wildman–Crippen LogP) is 1.87. The van der Waals surface area contributed by atoms with Gasteiger partial charge in [-0.1, -0.05) is 13.8 Å². The summed E-state index contributed by atoms with van der Waals surface area (Å²) >= 11 is 0. The summed E-state index contributed by atoms with van der Waals surface area (Å²) in [5.41, 5.74) is 0. The van der Waals surface area contributed by atoms with Gasteiger partial charge >= 0.3 is 0 Å². The van der Waals surface area contributed by atoms with E-state index >= 15 is 0 Å². The van der Waals surface area contributed by atoms with Gasteiger partial charge < -0.3 is 10.1 Å². The molecule has 0 aromatic rings. The first kappa shape index (κ1) is 13.9. The second-order valence-corrected chi connectivity index (χ2v) is 5.02. The van der Waals surface area contributed by atoms with E-state index in [1.54, 1.807) is 0 Å². The summed E-state index contributed by atoms with van der Waals surface area (Å²) in [6.45, 7) is 14.3. The van der Waals surface area contributed by atoms with E-state index in [9.17, 15) is 0 Å². The molecule has 3 heteroatoms. The molecule has 1 N–H and O–H groups in total. The zero-order chi connectivity index (χ0) is 12.1. The molecule has 96 valence electrons. The summed E-state index contributed by atoms with van der Waals surface area (Å²) in [6.07, 6.45) is 1.92. The average Bonchev–Trinajstić information content (AvgIpc) is 2.23. The lowest BCUT2D eigenvalue weighted by Gasteiger charge is -2.41. The molecule has 1 aliphatic heterocycles. The fraction of sp³-hybridized carbons (Fsp3) is 1.00. The molecule has 3 nitrogen and oxygen atoms in total. The van der Waals surface area contributed by atoms with Gasteiger partial charge in [0.2, 0.25) is 0 Å². The van der Waals surface area contributed by atoms with Gasteiger partial charge in [-0.3, -0.25) is 4.90 Å². The Labute approximate surface area is 101 Å². The van der Waals surface area contributed by atoms with Crippen LogP contribution >= 0.6 is 0 Å². The van der Waals surface area contributed by atoms with E-state index < -0.39 is 0 Å². The topological polar surface area (TPSA) is 24.5 Å². The average molecular weight is 228 g/mol. The van der Waals surface area contributed by atoms with Crippen molar-refractivity contribution >= 4 is 0 Å². The number of morpholine rings is 1. The Morgan fingerprint density at radius 3 is 2.25 bits per heavy atom. The lowest BCUT2D eigenvalue weighted by Crippen LogP contribution is -2.55. The molecule has 0 amide bonds. The van der Waals surface area contributed by atoms with Crippen molar-refractivity contribution in [2.24, 2.45) is 0 Å². The monoisotopic (exact) mass is 228 g/mol. The molecular weight excluding hydrogens is 200 g/mol. The Balaban J connectivity index is 2.53. The molecule has 1 heterocycles. The van der Waals surface area contributed by atoms with E-state index in [1.807, 2.05) is 0 Å². The fourth-order valence-electron chi connectivity index (χ4n) is 2.72. The highest BCUT2D eigenvalue weighted by Gasteiger charge is 2.28. The number of hydrogen-bond acceptors (Lipinski definition) is 3. The minimum atomic E-state index is 0.366. The Bertz CT molecular complexity index is 188. The second-order valence-electron chi connectivity index (χ2n) is 5.02. The maximum absolute atomic E-state index is 5.78. The van der Waals surface area contributed by atoms with Gasteiger partial charge in [0, 0.05) is 25.2 Å². The minimum Gasteiger partial charge on any atom is -0.373 e. The molecule has 0 aromatic carbocycles. The summed E-state index contributed by atoms with van der Waals surface area (Å²) in [7, 11) is 0. The van der Waals surface area contributed by atoms with Gasteiger partial charge in [0.25, 0.3) is 0 Å². The van der Waals surface area contributed by atoms with Crippen molar-refractivity contribution in [1.29, 1.82) is 0 Å². The molecule has 1 fully saturated rings. The van der Waals surface area contributed by atoms with Crippen molar-refractivity contribution in [3.05, 3.63) is 0 Å². The van der Waals surface area contributed by atoms with Crippen molar-refractivity contribution in [3.8, 4) is 0 Å². The van der Waals surface area contributed by atoms with Crippen LogP contribution in [0.15, 0.2) is 0 Å². The van der Waals surface area contributed by atoms with Crippen molar-refractivity contribution in [2.75, 3.05) is 19.6 Å². The van der Waals surface area contributed by atoms with Crippen molar-refractivity contribution < 1.29 is 4.74 Å². The van der Waals surface area contributed by atoms with Crippen LogP contribution < -0.4 is 5.32 Å². The maximum atomic E-state index is 5.78. The van der Waals surface area contributed by atoms with Gasteiger partial charge in [0.15, 0.2) is 0 Å². The fourth-order valence-corrected chi connectivity index (χ4v) is 2.72. The summed E-state index contributed by atoms with van der Waals surface area (Å²) in [6, 6.07) is 1.20. The SMILES string of the molecule is CCNC(CC)C(C)N1CC(C)OC(C)C1. The molecule has 4 unspecified atom stereocenters. The van der Waals surface area contributed by atoms with Crippen LogP contribution in [-0.4, -0.2) is 48.8 Å². The summed E-state index contributed by atoms with van der Waals surface area (Å²) < 4.78 is 5.78. The number of nitrogens with zero attached hydrogens (tertiary/aromatic N) is 1. The van der Waals surface area contributed by atoms with Crippen LogP contribution in [0.3, 0.4) is 0 Å². The Morgan fingerprint density at radius 1 is 1.25 bits per heavy atom. The lowest BCUT2D eigenvalue weighted by molar-refractivity contribution is -0.0821. The molecule has 16 heavy (non-hydrogen) atoms. The second kappa shape index (κ2) is 6.58. The van der Waals surface area contributed by atoms with Crippen LogP contribution in [0.5, 0.6) is 0 Å². The standard InChI is InChI=1S/C13H28N2O/c1-6-13(14-7-2)12(5)15-8-10(3)16-11(4)9-15/h10-14H,6-9H2,1-5H3. The van der Waals surface area contributed by atoms with Gasteiger partial charge in [-0.25, -0.2) is 0 Å². The minimum absolute atomic E-state index is 0.366. The molecule has 0 saturated carbocycles. The van der Waals surface area contributed by atoms with Crippen molar-refractivity contribution in [1.82, 2.24) is 10.2 Å². The third-order valence-electron chi connectivity index (χ3n) is 3.51. The molecule has 4 atom stereocenters. The summed E-state index contributed by atoms with van der Waals surface area (Å²) in [5, 5.41) is 3.58. The number of hydrogen-bond donors (Lipinski definition) is 1. The molecule has 1 aliphatic rings. The smallest absolute Gasteiger partial charge is 0.0678 e. The molecule has 0 radical (unpaired) electrons. The summed E-state index contributed by atoms with van der Waals surface area (Å²) in [4.78, 5) is 2.57. The molecule has 1 rings (SSSR count). The third kappa shape index (κ3) is 3.72. The van der Waals surface area contributed by atoms with Gasteiger partial charge in [-0.2, -0.15) is 0 Å². The Morgan fingerprint density at radius 2 is 1.81 bits per heavy atom. The van der Waals surface area contributed by atoms with Crippen LogP contribution in [-0.2, 0) is 4.74 Å². The number of ether oxygens (including phenoxy) is 1. The van der Waals surface area contributed by atoms with Crippen LogP contribution in [0.4, 0.5) is 0 Å². The molecular formula is C13H28N2O. The van der Waals surface area contributed by atoms with E-state index in [4.69, 9.17) is 4.74 Å². The molecule has 1 saturated heterocycles. The quantitative estimate of drug-likeness (QED) is 0.777. The normalized spacial score (nSPS) is 31.3. The highest BCUT2D eigenvalue weighted by Crippen LogP contribution is 2.16.